The summed E-state index contributed by atoms with van der Waals surface area (Å²) in [6, 6.07) is 8.14. The Hall–Kier alpha value is -1.46. The van der Waals surface area contributed by atoms with E-state index in [4.69, 9.17) is 4.74 Å². The van der Waals surface area contributed by atoms with Crippen molar-refractivity contribution in [2.75, 3.05) is 6.54 Å². The molecule has 1 aromatic heterocycles. The second-order valence-corrected chi connectivity index (χ2v) is 5.18. The summed E-state index contributed by atoms with van der Waals surface area (Å²) in [5, 5.41) is 3.31. The van der Waals surface area contributed by atoms with Crippen molar-refractivity contribution in [3.63, 3.8) is 0 Å². The molecule has 0 fully saturated rings. The monoisotopic (exact) mass is 338 g/mol. The van der Waals surface area contributed by atoms with Crippen LogP contribution in [0, 0.1) is 5.82 Å². The van der Waals surface area contributed by atoms with E-state index in [0.717, 1.165) is 18.5 Å². The van der Waals surface area contributed by atoms with E-state index < -0.39 is 0 Å². The van der Waals surface area contributed by atoms with Crippen molar-refractivity contribution >= 4 is 15.9 Å². The van der Waals surface area contributed by atoms with E-state index in [9.17, 15) is 4.39 Å². The lowest BCUT2D eigenvalue weighted by Gasteiger charge is -2.11. The van der Waals surface area contributed by atoms with E-state index in [0.29, 0.717) is 22.6 Å². The van der Waals surface area contributed by atoms with Gasteiger partial charge in [-0.1, -0.05) is 13.0 Å². The standard InChI is InChI=1S/C15H16BrFN2O/c1-2-7-18-10-11-4-3-8-19-15(11)20-14-6-5-12(17)9-13(14)16/h3-6,8-9,18H,2,7,10H2,1H3. The second-order valence-electron chi connectivity index (χ2n) is 4.32. The molecule has 2 aromatic rings. The van der Waals surface area contributed by atoms with Crippen LogP contribution >= 0.6 is 15.9 Å². The van der Waals surface area contributed by atoms with Crippen molar-refractivity contribution in [2.45, 2.75) is 19.9 Å². The molecule has 0 radical (unpaired) electrons. The van der Waals surface area contributed by atoms with Crippen LogP contribution in [0.5, 0.6) is 11.6 Å². The first-order valence-corrected chi connectivity index (χ1v) is 7.27. The Bertz CT molecular complexity index is 578. The van der Waals surface area contributed by atoms with Crippen LogP contribution in [0.25, 0.3) is 0 Å². The van der Waals surface area contributed by atoms with Crippen LogP contribution in [0.15, 0.2) is 41.0 Å². The smallest absolute Gasteiger partial charge is 0.223 e. The number of aromatic nitrogens is 1. The Labute approximate surface area is 126 Å². The lowest BCUT2D eigenvalue weighted by atomic mass is 10.2. The number of nitrogens with zero attached hydrogens (tertiary/aromatic N) is 1. The minimum Gasteiger partial charge on any atom is -0.438 e. The number of rotatable bonds is 6. The zero-order valence-electron chi connectivity index (χ0n) is 11.2. The van der Waals surface area contributed by atoms with Crippen LogP contribution in [-0.4, -0.2) is 11.5 Å². The van der Waals surface area contributed by atoms with Gasteiger partial charge in [0.15, 0.2) is 0 Å². The van der Waals surface area contributed by atoms with E-state index in [1.165, 1.54) is 12.1 Å². The molecule has 0 saturated heterocycles. The minimum atomic E-state index is -0.310. The molecule has 1 aromatic carbocycles. The van der Waals surface area contributed by atoms with Gasteiger partial charge in [0.05, 0.1) is 4.47 Å². The lowest BCUT2D eigenvalue weighted by Crippen LogP contribution is -2.14. The minimum absolute atomic E-state index is 0.310. The van der Waals surface area contributed by atoms with Crippen molar-refractivity contribution in [3.05, 3.63) is 52.4 Å². The quantitative estimate of drug-likeness (QED) is 0.798. The first-order chi connectivity index (χ1) is 9.70. The van der Waals surface area contributed by atoms with E-state index in [1.807, 2.05) is 12.1 Å². The van der Waals surface area contributed by atoms with Gasteiger partial charge in [-0.2, -0.15) is 0 Å². The number of ether oxygens (including phenoxy) is 1. The summed E-state index contributed by atoms with van der Waals surface area (Å²) in [5.41, 5.74) is 0.970. The van der Waals surface area contributed by atoms with Gasteiger partial charge in [0.1, 0.15) is 11.6 Å². The third-order valence-corrected chi connectivity index (χ3v) is 3.31. The predicted octanol–water partition coefficient (Wildman–Crippen LogP) is 4.28. The highest BCUT2D eigenvalue weighted by molar-refractivity contribution is 9.10. The first-order valence-electron chi connectivity index (χ1n) is 6.48. The molecule has 0 aliphatic rings. The number of nitrogens with one attached hydrogen (secondary N) is 1. The molecule has 0 spiro atoms. The van der Waals surface area contributed by atoms with Crippen LogP contribution < -0.4 is 10.1 Å². The molecular weight excluding hydrogens is 323 g/mol. The molecule has 3 nitrogen and oxygen atoms in total. The van der Waals surface area contributed by atoms with Gasteiger partial charge in [-0.05, 0) is 53.2 Å². The van der Waals surface area contributed by atoms with Crippen LogP contribution in [0.3, 0.4) is 0 Å². The summed E-state index contributed by atoms with van der Waals surface area (Å²) < 4.78 is 19.4. The molecule has 5 heteroatoms. The second kappa shape index (κ2) is 7.36. The Morgan fingerprint density at radius 1 is 1.35 bits per heavy atom. The molecule has 0 aliphatic carbocycles. The zero-order valence-corrected chi connectivity index (χ0v) is 12.8. The van der Waals surface area contributed by atoms with Gasteiger partial charge in [-0.3, -0.25) is 0 Å². The fourth-order valence-electron chi connectivity index (χ4n) is 1.71. The molecule has 0 unspecified atom stereocenters. The third kappa shape index (κ3) is 4.02. The molecule has 2 rings (SSSR count). The van der Waals surface area contributed by atoms with Crippen molar-refractivity contribution in [1.82, 2.24) is 10.3 Å². The van der Waals surface area contributed by atoms with E-state index in [1.54, 1.807) is 12.3 Å². The highest BCUT2D eigenvalue weighted by Gasteiger charge is 2.09. The first kappa shape index (κ1) is 14.9. The Morgan fingerprint density at radius 2 is 2.20 bits per heavy atom. The summed E-state index contributed by atoms with van der Waals surface area (Å²) in [4.78, 5) is 4.24. The third-order valence-electron chi connectivity index (χ3n) is 2.69. The predicted molar refractivity (Wildman–Crippen MR) is 80.4 cm³/mol. The summed E-state index contributed by atoms with van der Waals surface area (Å²) in [5.74, 6) is 0.764. The number of hydrogen-bond acceptors (Lipinski definition) is 3. The normalized spacial score (nSPS) is 10.6. The maximum atomic E-state index is 13.1. The lowest BCUT2D eigenvalue weighted by molar-refractivity contribution is 0.448. The van der Waals surface area contributed by atoms with Crippen LogP contribution in [0.1, 0.15) is 18.9 Å². The Kier molecular flexibility index (Phi) is 5.49. The van der Waals surface area contributed by atoms with E-state index in [-0.39, 0.29) is 5.82 Å². The number of pyridine rings is 1. The number of hydrogen-bond donors (Lipinski definition) is 1. The van der Waals surface area contributed by atoms with Gasteiger partial charge < -0.3 is 10.1 Å². The average molecular weight is 339 g/mol. The van der Waals surface area contributed by atoms with Crippen molar-refractivity contribution in [1.29, 1.82) is 0 Å². The van der Waals surface area contributed by atoms with Gasteiger partial charge in [0.25, 0.3) is 0 Å². The van der Waals surface area contributed by atoms with Crippen molar-refractivity contribution in [3.8, 4) is 11.6 Å². The summed E-state index contributed by atoms with van der Waals surface area (Å²) in [7, 11) is 0. The summed E-state index contributed by atoms with van der Waals surface area (Å²) in [6.07, 6.45) is 2.75. The molecule has 0 amide bonds. The molecule has 0 aliphatic heterocycles. The van der Waals surface area contributed by atoms with Gasteiger partial charge in [0, 0.05) is 18.3 Å². The number of halogens is 2. The number of benzene rings is 1. The molecule has 106 valence electrons. The van der Waals surface area contributed by atoms with E-state index in [2.05, 4.69) is 33.2 Å². The maximum Gasteiger partial charge on any atom is 0.223 e. The molecule has 0 saturated carbocycles. The zero-order chi connectivity index (χ0) is 14.4. The highest BCUT2D eigenvalue weighted by atomic mass is 79.9. The average Bonchev–Trinajstić information content (AvgIpc) is 2.44. The van der Waals surface area contributed by atoms with Crippen LogP contribution in [0.2, 0.25) is 0 Å². The molecule has 1 heterocycles. The SMILES string of the molecule is CCCNCc1cccnc1Oc1ccc(F)cc1Br. The molecular formula is C15H16BrFN2O. The van der Waals surface area contributed by atoms with Crippen molar-refractivity contribution in [2.24, 2.45) is 0 Å². The fourth-order valence-corrected chi connectivity index (χ4v) is 2.14. The Morgan fingerprint density at radius 3 is 2.95 bits per heavy atom. The molecule has 20 heavy (non-hydrogen) atoms. The van der Waals surface area contributed by atoms with Gasteiger partial charge in [-0.25, -0.2) is 9.37 Å². The molecule has 1 N–H and O–H groups in total. The van der Waals surface area contributed by atoms with Crippen LogP contribution in [-0.2, 0) is 6.54 Å². The maximum absolute atomic E-state index is 13.1. The van der Waals surface area contributed by atoms with Gasteiger partial charge in [-0.15, -0.1) is 0 Å². The topological polar surface area (TPSA) is 34.2 Å². The summed E-state index contributed by atoms with van der Waals surface area (Å²) in [6.45, 7) is 3.74. The summed E-state index contributed by atoms with van der Waals surface area (Å²) >= 11 is 3.28. The molecule has 0 atom stereocenters. The fraction of sp³-hybridized carbons (Fsp3) is 0.267. The van der Waals surface area contributed by atoms with Crippen molar-refractivity contribution < 1.29 is 9.13 Å². The highest BCUT2D eigenvalue weighted by Crippen LogP contribution is 2.30. The Balaban J connectivity index is 2.16. The van der Waals surface area contributed by atoms with E-state index >= 15 is 0 Å². The van der Waals surface area contributed by atoms with Crippen LogP contribution in [0.4, 0.5) is 4.39 Å². The molecule has 0 bridgehead atoms. The van der Waals surface area contributed by atoms with Gasteiger partial charge in [0.2, 0.25) is 5.88 Å². The largest absolute Gasteiger partial charge is 0.438 e. The van der Waals surface area contributed by atoms with Gasteiger partial charge >= 0.3 is 0 Å².